The van der Waals surface area contributed by atoms with Gasteiger partial charge in [-0.3, -0.25) is 34.6 Å². The Morgan fingerprint density at radius 3 is 1.23 bits per heavy atom. The Balaban J connectivity index is 0.000000206. The molecule has 0 aliphatic heterocycles. The Labute approximate surface area is 688 Å². The van der Waals surface area contributed by atoms with Gasteiger partial charge in [-0.15, -0.1) is 0 Å². The summed E-state index contributed by atoms with van der Waals surface area (Å²) >= 11 is 0. The highest BCUT2D eigenvalue weighted by atomic mass is 16.6. The van der Waals surface area contributed by atoms with E-state index in [-0.39, 0.29) is 127 Å². The van der Waals surface area contributed by atoms with Gasteiger partial charge in [0.2, 0.25) is 17.8 Å². The van der Waals surface area contributed by atoms with E-state index >= 15 is 0 Å². The Morgan fingerprint density at radius 1 is 0.462 bits per heavy atom. The first kappa shape index (κ1) is 89.9. The number of imidazole rings is 3. The third kappa shape index (κ3) is 26.2. The molecule has 1 N–H and O–H groups in total. The molecule has 36 heteroatoms. The van der Waals surface area contributed by atoms with Crippen LogP contribution in [-0.4, -0.2) is 154 Å². The zero-order valence-electron chi connectivity index (χ0n) is 69.7. The first-order valence-corrected chi connectivity index (χ1v) is 39.7. The summed E-state index contributed by atoms with van der Waals surface area (Å²) in [6.45, 7) is 26.4. The number of hydrogen-bond donors (Lipinski definition) is 1. The summed E-state index contributed by atoms with van der Waals surface area (Å²) in [5.74, 6) is 0.197. The normalized spacial score (nSPS) is 12.3. The second-order valence-electron chi connectivity index (χ2n) is 30.6. The number of amides is 3. The van der Waals surface area contributed by atoms with Gasteiger partial charge >= 0.3 is 36.2 Å². The summed E-state index contributed by atoms with van der Waals surface area (Å²) in [4.78, 5) is 143. The zero-order valence-corrected chi connectivity index (χ0v) is 69.7. The number of rotatable bonds is 31. The van der Waals surface area contributed by atoms with Crippen molar-refractivity contribution in [3.05, 3.63) is 153 Å². The van der Waals surface area contributed by atoms with Gasteiger partial charge in [-0.25, -0.2) is 44.0 Å². The number of nitrogens with zero attached hydrogens (tertiary/aromatic N) is 17. The molecule has 0 saturated heterocycles. The molecule has 10 aromatic rings. The van der Waals surface area contributed by atoms with Gasteiger partial charge in [0.1, 0.15) is 47.9 Å². The summed E-state index contributed by atoms with van der Waals surface area (Å²) in [6.07, 6.45) is 13.8. The van der Waals surface area contributed by atoms with Crippen LogP contribution in [0.4, 0.5) is 55.1 Å². The number of para-hydroxylation sites is 1. The SMILES string of the molecule is CCCCCN(C(=O)OC(C)(C)C)c1nc(Nc2ccccc2)c2ncn(CC(=O)OCC)c2n1.CCCCCN(C(=O)OC(C)(C)C)c1nc(Oc2ccc([N+](=O)[O-])cc2)c2ncn(CC(=O)OCC)c2n1.CCOC(=O)Cn1cnc2c(Oc3ccc([N+](=O)[O-])cc3)nc(N(Cc3ccc(C4CCCCC4)cc3)C(=O)OC(C)(C)C)nc21. The molecule has 119 heavy (non-hydrogen) atoms. The predicted octanol–water partition coefficient (Wildman–Crippen LogP) is 17.2. The maximum absolute atomic E-state index is 13.7. The summed E-state index contributed by atoms with van der Waals surface area (Å²) in [5, 5.41) is 25.4. The predicted molar refractivity (Wildman–Crippen MR) is 443 cm³/mol. The van der Waals surface area contributed by atoms with Crippen LogP contribution in [0.5, 0.6) is 23.3 Å². The van der Waals surface area contributed by atoms with Crippen LogP contribution in [0.15, 0.2) is 122 Å². The first-order chi connectivity index (χ1) is 56.7. The number of unbranched alkanes of at least 4 members (excludes halogenated alkanes) is 4. The number of fused-ring (bicyclic) bond motifs is 3. The van der Waals surface area contributed by atoms with Crippen molar-refractivity contribution in [3.8, 4) is 23.3 Å². The molecule has 3 amide bonds. The van der Waals surface area contributed by atoms with E-state index in [2.05, 4.69) is 69.2 Å². The maximum Gasteiger partial charge on any atom is 0.417 e. The van der Waals surface area contributed by atoms with Crippen molar-refractivity contribution in [2.45, 2.75) is 216 Å². The van der Waals surface area contributed by atoms with Gasteiger partial charge in [0.05, 0.1) is 55.2 Å². The van der Waals surface area contributed by atoms with Gasteiger partial charge < -0.3 is 56.9 Å². The Morgan fingerprint density at radius 2 is 0.840 bits per heavy atom. The van der Waals surface area contributed by atoms with Gasteiger partial charge in [-0.1, -0.05) is 101 Å². The van der Waals surface area contributed by atoms with Gasteiger partial charge in [0.15, 0.2) is 39.3 Å². The fourth-order valence-corrected chi connectivity index (χ4v) is 12.1. The number of nitrogens with one attached hydrogen (secondary N) is 1. The van der Waals surface area contributed by atoms with E-state index in [0.717, 1.165) is 43.4 Å². The molecule has 0 radical (unpaired) electrons. The average Bonchev–Trinajstić information content (AvgIpc) is 1.61. The lowest BCUT2D eigenvalue weighted by Crippen LogP contribution is -2.38. The van der Waals surface area contributed by atoms with E-state index in [1.54, 1.807) is 66.9 Å². The van der Waals surface area contributed by atoms with Crippen molar-refractivity contribution in [2.75, 3.05) is 52.9 Å². The molecule has 6 aromatic heterocycles. The second-order valence-corrected chi connectivity index (χ2v) is 30.6. The van der Waals surface area contributed by atoms with Gasteiger partial charge in [-0.2, -0.15) is 29.9 Å². The van der Waals surface area contributed by atoms with Crippen molar-refractivity contribution < 1.29 is 76.5 Å². The van der Waals surface area contributed by atoms with Crippen LogP contribution in [0.2, 0.25) is 0 Å². The zero-order chi connectivity index (χ0) is 86.1. The topological polar surface area (TPSA) is 415 Å². The number of nitro groups is 2. The monoisotopic (exact) mass is 1640 g/mol. The molecule has 1 aliphatic carbocycles. The van der Waals surface area contributed by atoms with Crippen LogP contribution < -0.4 is 29.5 Å². The molecule has 0 atom stereocenters. The molecule has 634 valence electrons. The highest BCUT2D eigenvalue weighted by Crippen LogP contribution is 2.37. The average molecular weight is 1640 g/mol. The minimum atomic E-state index is -0.811. The first-order valence-electron chi connectivity index (χ1n) is 39.7. The highest BCUT2D eigenvalue weighted by molar-refractivity contribution is 5.93. The molecule has 1 aliphatic rings. The molecular formula is C83H104N18O18. The third-order valence-electron chi connectivity index (χ3n) is 17.6. The standard InChI is InChI=1S/C33H38N6O7.C25H32N6O7.C25H34N6O4/c1-5-44-27(40)20-37-21-34-28-29(37)35-31(36-30(28)45-26-17-15-25(16-18-26)39(42)43)38(32(41)46-33(2,3)4)19-22-11-13-24(14-12-22)23-9-7-6-8-10-23;1-6-8-9-14-30(24(33)38-25(3,4)5)23-27-21-20(26-16-29(21)15-19(32)36-7-2)22(28-23)37-18-12-10-17(11-13-18)31(34)35;1-6-8-12-15-31(24(33)35-25(3,4)5)23-28-21(27-18-13-10-9-11-14-18)20-22(29-23)30(17-26-20)16-19(32)34-7-2/h11-18,21,23H,5-10,19-20H2,1-4H3;10-13,16H,6-9,14-15H2,1-5H3;9-11,13-14,17H,6-8,12,15-16H2,1-5H3,(H,27,28,29). The molecule has 6 heterocycles. The summed E-state index contributed by atoms with van der Waals surface area (Å²) in [5.41, 5.74) is 2.25. The molecule has 0 unspecified atom stereocenters. The fraction of sp³-hybridized carbons (Fsp3) is 0.458. The van der Waals surface area contributed by atoms with Crippen molar-refractivity contribution in [2.24, 2.45) is 0 Å². The second kappa shape index (κ2) is 41.7. The lowest BCUT2D eigenvalue weighted by atomic mass is 9.84. The van der Waals surface area contributed by atoms with Crippen LogP contribution in [-0.2, 0) is 69.0 Å². The molecule has 1 fully saturated rings. The number of ether oxygens (including phenoxy) is 8. The fourth-order valence-electron chi connectivity index (χ4n) is 12.1. The van der Waals surface area contributed by atoms with Crippen LogP contribution in [0.3, 0.4) is 0 Å². The lowest BCUT2D eigenvalue weighted by Gasteiger charge is -2.27. The number of non-ortho nitro benzene ring substituents is 2. The Bertz CT molecular complexity index is 5110. The number of esters is 3. The number of anilines is 5. The third-order valence-corrected chi connectivity index (χ3v) is 17.6. The van der Waals surface area contributed by atoms with E-state index in [1.165, 1.54) is 129 Å². The summed E-state index contributed by atoms with van der Waals surface area (Å²) in [7, 11) is 0. The van der Waals surface area contributed by atoms with Crippen LogP contribution in [0.1, 0.15) is 185 Å². The molecule has 36 nitrogen and oxygen atoms in total. The van der Waals surface area contributed by atoms with E-state index in [1.807, 2.05) is 70.2 Å². The largest absolute Gasteiger partial charge is 0.465 e. The lowest BCUT2D eigenvalue weighted by molar-refractivity contribution is -0.385. The number of aromatic nitrogens is 12. The highest BCUT2D eigenvalue weighted by Gasteiger charge is 2.33. The molecule has 0 bridgehead atoms. The van der Waals surface area contributed by atoms with E-state index in [9.17, 15) is 49.0 Å². The Hall–Kier alpha value is -13.1. The van der Waals surface area contributed by atoms with Crippen LogP contribution in [0, 0.1) is 20.2 Å². The molecule has 11 rings (SSSR count). The van der Waals surface area contributed by atoms with E-state index in [0.29, 0.717) is 35.9 Å². The molecule has 0 spiro atoms. The number of nitro benzene ring substituents is 2. The number of carbonyl (C=O) groups is 6. The van der Waals surface area contributed by atoms with Gasteiger partial charge in [-0.05, 0) is 162 Å². The summed E-state index contributed by atoms with van der Waals surface area (Å²) < 4.78 is 48.8. The minimum absolute atomic E-state index is 0.00498. The number of hydrogen-bond acceptors (Lipinski definition) is 28. The quantitative estimate of drug-likeness (QED) is 0.0139. The molecule has 1 saturated carbocycles. The van der Waals surface area contributed by atoms with Crippen molar-refractivity contribution in [1.29, 1.82) is 0 Å². The van der Waals surface area contributed by atoms with Crippen molar-refractivity contribution in [1.82, 2.24) is 58.6 Å². The van der Waals surface area contributed by atoms with Crippen LogP contribution >= 0.6 is 0 Å². The number of carbonyl (C=O) groups excluding carboxylic acids is 6. The van der Waals surface area contributed by atoms with Crippen molar-refractivity contribution >= 4 is 110 Å². The smallest absolute Gasteiger partial charge is 0.417 e. The van der Waals surface area contributed by atoms with Gasteiger partial charge in [0, 0.05) is 43.0 Å². The van der Waals surface area contributed by atoms with Crippen LogP contribution in [0.25, 0.3) is 33.5 Å². The molecular weight excluding hydrogens is 1540 g/mol. The minimum Gasteiger partial charge on any atom is -0.465 e. The van der Waals surface area contributed by atoms with Crippen molar-refractivity contribution in [3.63, 3.8) is 0 Å². The summed E-state index contributed by atoms with van der Waals surface area (Å²) in [6, 6.07) is 28.7. The van der Waals surface area contributed by atoms with E-state index in [4.69, 9.17) is 37.9 Å². The number of benzene rings is 4. The van der Waals surface area contributed by atoms with E-state index < -0.39 is 62.8 Å². The Kier molecular flexibility index (Phi) is 31.5. The van der Waals surface area contributed by atoms with Gasteiger partial charge in [0.25, 0.3) is 23.1 Å². The molecule has 4 aromatic carbocycles. The maximum atomic E-state index is 13.7.